The van der Waals surface area contributed by atoms with Gasteiger partial charge in [-0.2, -0.15) is 0 Å². The van der Waals surface area contributed by atoms with Crippen molar-refractivity contribution in [3.05, 3.63) is 83.6 Å². The van der Waals surface area contributed by atoms with Crippen molar-refractivity contribution in [2.45, 2.75) is 122 Å². The van der Waals surface area contributed by atoms with E-state index in [1.807, 2.05) is 0 Å². The molecule has 2 saturated heterocycles. The molecule has 22 nitrogen and oxygen atoms in total. The third-order valence-corrected chi connectivity index (χ3v) is 12.1. The van der Waals surface area contributed by atoms with Gasteiger partial charge in [0.15, 0.2) is 6.10 Å². The number of carbonyl (C=O) groups is 8. The van der Waals surface area contributed by atoms with Crippen molar-refractivity contribution in [3.8, 4) is 0 Å². The van der Waals surface area contributed by atoms with Gasteiger partial charge < -0.3 is 55.5 Å². The van der Waals surface area contributed by atoms with Crippen LogP contribution in [-0.2, 0) is 75.3 Å². The first-order valence-electron chi connectivity index (χ1n) is 22.3. The molecule has 2 aliphatic heterocycles. The Morgan fingerprint density at radius 3 is 1.97 bits per heavy atom. The molecule has 0 spiro atoms. The average Bonchev–Trinajstić information content (AvgIpc) is 3.29. The van der Waals surface area contributed by atoms with Crippen LogP contribution in [0.3, 0.4) is 0 Å². The number of ether oxygens (including phenoxy) is 2. The van der Waals surface area contributed by atoms with Gasteiger partial charge in [0.2, 0.25) is 34.0 Å². The minimum absolute atomic E-state index is 0. The van der Waals surface area contributed by atoms with Gasteiger partial charge in [0, 0.05) is 27.0 Å². The van der Waals surface area contributed by atoms with Crippen molar-refractivity contribution in [2.24, 2.45) is 11.8 Å². The summed E-state index contributed by atoms with van der Waals surface area (Å²) in [6, 6.07) is 8.58. The van der Waals surface area contributed by atoms with Crippen LogP contribution in [0.4, 0.5) is 0 Å². The van der Waals surface area contributed by atoms with Crippen molar-refractivity contribution in [1.82, 2.24) is 36.4 Å². The second kappa shape index (κ2) is 26.8. The summed E-state index contributed by atoms with van der Waals surface area (Å²) in [6.07, 6.45) is -3.90. The quantitative estimate of drug-likeness (QED) is 0.0349. The van der Waals surface area contributed by atoms with Gasteiger partial charge in [0.25, 0.3) is 17.7 Å². The number of aliphatic hydroxyl groups excluding tert-OH is 1. The van der Waals surface area contributed by atoms with E-state index in [-0.39, 0.29) is 55.2 Å². The molecule has 0 radical (unpaired) electrons. The van der Waals surface area contributed by atoms with E-state index in [0.29, 0.717) is 11.1 Å². The van der Waals surface area contributed by atoms with Crippen molar-refractivity contribution in [1.29, 1.82) is 0 Å². The molecule has 6 N–H and O–H groups in total. The summed E-state index contributed by atoms with van der Waals surface area (Å²) in [5, 5.41) is 24.0. The van der Waals surface area contributed by atoms with Crippen LogP contribution in [0.2, 0.25) is 0 Å². The number of fused-ring (bicyclic) bond motifs is 2. The van der Waals surface area contributed by atoms with Crippen molar-refractivity contribution in [3.63, 3.8) is 0 Å². The standard InChI is InChI=1S/C46H63N7O15S.Na/c1-9-30-39(55)48-31-20-21-35(54)53(44(31)60)33(23-29-18-14-11-15-19-29)45(61)52(7)32(22-28-16-12-10-13-17-28)40(56)50-37(26(4)5)46(62)68-27(6)38(43(59)47-30)51-42(58)36(25(2)3)49-41(57)34(66-8)24-67-69(63,64)65;/h9-19,25-27,31-38,54H,20-24H2,1-8H3,(H,47,59)(H,48,55)(H,49,57)(H,50,56)(H,51,58)(H,63,64,65);/q;+1/p-1/b30-9-;/t27-,31+,32+,33+,34-,35-,36+,37+,38+;/m1./s1. The summed E-state index contributed by atoms with van der Waals surface area (Å²) in [4.78, 5) is 116. The van der Waals surface area contributed by atoms with Gasteiger partial charge in [-0.1, -0.05) is 94.4 Å². The van der Waals surface area contributed by atoms with Crippen LogP contribution in [-0.4, -0.2) is 151 Å². The number of allylic oxidation sites excluding steroid dienone is 1. The molecule has 2 aromatic carbocycles. The maximum absolute atomic E-state index is 14.9. The number of nitrogens with zero attached hydrogens (tertiary/aromatic N) is 2. The molecule has 2 aliphatic rings. The van der Waals surface area contributed by atoms with E-state index in [9.17, 15) is 56.4 Å². The minimum atomic E-state index is -5.23. The van der Waals surface area contributed by atoms with E-state index in [2.05, 4.69) is 30.8 Å². The average molecular weight is 1010 g/mol. The fourth-order valence-electron chi connectivity index (χ4n) is 7.77. The van der Waals surface area contributed by atoms with Gasteiger partial charge in [0.1, 0.15) is 60.9 Å². The number of esters is 1. The number of aliphatic hydroxyl groups is 1. The maximum atomic E-state index is 14.9. The molecule has 2 bridgehead atoms. The zero-order valence-electron chi connectivity index (χ0n) is 40.7. The number of carbonyl (C=O) groups excluding carboxylic acids is 8. The Kier molecular flexibility index (Phi) is 22.6. The number of hydrogen-bond acceptors (Lipinski definition) is 15. The van der Waals surface area contributed by atoms with E-state index in [1.165, 1.54) is 40.8 Å². The number of nitrogens with one attached hydrogen (secondary N) is 5. The van der Waals surface area contributed by atoms with Gasteiger partial charge in [-0.15, -0.1) is 0 Å². The summed E-state index contributed by atoms with van der Waals surface area (Å²) in [5.74, 6) is -9.03. The monoisotopic (exact) mass is 1010 g/mol. The second-order valence-corrected chi connectivity index (χ2v) is 18.4. The number of amides is 7. The molecular weight excluding hydrogens is 946 g/mol. The van der Waals surface area contributed by atoms with Crippen LogP contribution >= 0.6 is 0 Å². The predicted octanol–water partition coefficient (Wildman–Crippen LogP) is -3.68. The van der Waals surface area contributed by atoms with Gasteiger partial charge >= 0.3 is 35.5 Å². The van der Waals surface area contributed by atoms with Crippen molar-refractivity contribution in [2.75, 3.05) is 20.8 Å². The first-order chi connectivity index (χ1) is 32.5. The predicted molar refractivity (Wildman–Crippen MR) is 244 cm³/mol. The molecule has 378 valence electrons. The van der Waals surface area contributed by atoms with Crippen molar-refractivity contribution < 1.29 is 99.6 Å². The largest absolute Gasteiger partial charge is 1.00 e. The minimum Gasteiger partial charge on any atom is -0.726 e. The Hall–Kier alpha value is -5.27. The molecule has 9 atom stereocenters. The molecule has 2 aromatic rings. The fraction of sp³-hybridized carbons (Fsp3) is 0.522. The molecule has 2 heterocycles. The van der Waals surface area contributed by atoms with Crippen LogP contribution in [0.1, 0.15) is 65.5 Å². The number of likely N-dealkylation sites (N-methyl/N-ethyl adjacent to an activating group) is 1. The van der Waals surface area contributed by atoms with Crippen LogP contribution in [0, 0.1) is 11.8 Å². The molecule has 2 fully saturated rings. The molecule has 7 amide bonds. The molecule has 0 aromatic heterocycles. The molecule has 70 heavy (non-hydrogen) atoms. The zero-order valence-corrected chi connectivity index (χ0v) is 43.5. The molecule has 24 heteroatoms. The maximum Gasteiger partial charge on any atom is 1.00 e. The van der Waals surface area contributed by atoms with Gasteiger partial charge in [-0.05, 0) is 49.7 Å². The normalized spacial score (nSPS) is 24.7. The van der Waals surface area contributed by atoms with Gasteiger partial charge in [0.05, 0.1) is 0 Å². The number of benzene rings is 2. The number of methoxy groups -OCH3 is 1. The molecule has 4 rings (SSSR count). The number of cyclic esters (lactones) is 1. The summed E-state index contributed by atoms with van der Waals surface area (Å²) in [5.41, 5.74) is 0.824. The first kappa shape index (κ1) is 59.0. The third-order valence-electron chi connectivity index (χ3n) is 11.7. The first-order valence-corrected chi connectivity index (χ1v) is 23.7. The molecule has 0 saturated carbocycles. The van der Waals surface area contributed by atoms with Gasteiger partial charge in [-0.25, -0.2) is 13.2 Å². The molecule has 0 aliphatic carbocycles. The topological polar surface area (TPSA) is 308 Å². The Morgan fingerprint density at radius 2 is 1.46 bits per heavy atom. The molecule has 0 unspecified atom stereocenters. The van der Waals surface area contributed by atoms with E-state index in [0.717, 1.165) is 16.9 Å². The zero-order chi connectivity index (χ0) is 51.3. The Balaban J connectivity index is 0.0000130. The Morgan fingerprint density at radius 1 is 0.886 bits per heavy atom. The number of rotatable bonds is 14. The fourth-order valence-corrected chi connectivity index (χ4v) is 8.06. The third kappa shape index (κ3) is 16.1. The number of piperidine rings is 1. The second-order valence-electron chi connectivity index (χ2n) is 17.4. The van der Waals surface area contributed by atoms with E-state index < -0.39 is 137 Å². The van der Waals surface area contributed by atoms with E-state index in [4.69, 9.17) is 9.47 Å². The summed E-state index contributed by atoms with van der Waals surface area (Å²) in [6.45, 7) is 7.86. The van der Waals surface area contributed by atoms with Crippen LogP contribution in [0.15, 0.2) is 72.4 Å². The van der Waals surface area contributed by atoms with E-state index >= 15 is 0 Å². The van der Waals surface area contributed by atoms with E-state index in [1.54, 1.807) is 74.5 Å². The van der Waals surface area contributed by atoms with Crippen LogP contribution < -0.4 is 56.1 Å². The summed E-state index contributed by atoms with van der Waals surface area (Å²) in [7, 11) is -2.84. The SMILES string of the molecule is C/C=C1\NC(=O)[C@@H](NC(=O)[C@@H](NC(=O)[C@@H](COS(=O)(=O)[O-])OC)C(C)C)[C@@H](C)OC(=O)[C@H](C(C)C)NC(=O)[C@H](Cc2ccccc2)N(C)C(=O)[C@H](Cc2ccccc2)N2C(=O)[C@H](CC[C@H]2O)NC1=O.[Na+]. The van der Waals surface area contributed by atoms with Crippen LogP contribution in [0.25, 0.3) is 0 Å². The summed E-state index contributed by atoms with van der Waals surface area (Å²) < 4.78 is 48.1. The van der Waals surface area contributed by atoms with Crippen LogP contribution in [0.5, 0.6) is 0 Å². The summed E-state index contributed by atoms with van der Waals surface area (Å²) >= 11 is 0. The molecular formula is C46H62N7NaO15S. The van der Waals surface area contributed by atoms with Crippen molar-refractivity contribution >= 4 is 57.7 Å². The smallest absolute Gasteiger partial charge is 0.726 e. The van der Waals surface area contributed by atoms with Gasteiger partial charge in [-0.3, -0.25) is 37.7 Å². The number of hydrogen-bond donors (Lipinski definition) is 6. The Labute approximate surface area is 429 Å². The Bertz CT molecular complexity index is 2320.